The number of hydrogen-bond donors (Lipinski definition) is 0. The lowest BCUT2D eigenvalue weighted by Crippen LogP contribution is -2.19. The van der Waals surface area contributed by atoms with Crippen LogP contribution in [-0.2, 0) is 23.9 Å². The largest absolute Gasteiger partial charge is 0.465 e. The molecule has 1 unspecified atom stereocenters. The lowest BCUT2D eigenvalue weighted by molar-refractivity contribution is -0.149. The number of esters is 2. The van der Waals surface area contributed by atoms with Crippen molar-refractivity contribution in [2.75, 3.05) is 24.7 Å². The van der Waals surface area contributed by atoms with E-state index in [1.807, 2.05) is 0 Å². The van der Waals surface area contributed by atoms with Crippen LogP contribution in [0.1, 0.15) is 195 Å². The molecule has 0 amide bonds. The number of carbonyl (C=O) groups is 3. The first kappa shape index (κ1) is 45.3. The molecular formula is C39H74O5S2. The highest BCUT2D eigenvalue weighted by Gasteiger charge is 2.21. The Hall–Kier alpha value is -0.690. The fourth-order valence-corrected chi connectivity index (χ4v) is 8.04. The summed E-state index contributed by atoms with van der Waals surface area (Å²) in [6.45, 7) is 9.79. The van der Waals surface area contributed by atoms with Crippen molar-refractivity contribution in [1.29, 1.82) is 0 Å². The fourth-order valence-electron chi connectivity index (χ4n) is 5.50. The Kier molecular flexibility index (Phi) is 35.1. The Morgan fingerprint density at radius 1 is 0.457 bits per heavy atom. The van der Waals surface area contributed by atoms with Gasteiger partial charge in [-0.1, -0.05) is 118 Å². The summed E-state index contributed by atoms with van der Waals surface area (Å²) >= 11 is 3.49. The van der Waals surface area contributed by atoms with Crippen LogP contribution in [-0.4, -0.2) is 47.0 Å². The van der Waals surface area contributed by atoms with Crippen molar-refractivity contribution in [3.8, 4) is 0 Å². The minimum Gasteiger partial charge on any atom is -0.465 e. The molecule has 0 bridgehead atoms. The van der Waals surface area contributed by atoms with Gasteiger partial charge < -0.3 is 9.47 Å². The zero-order valence-corrected chi connectivity index (χ0v) is 32.4. The minimum atomic E-state index is -0.110. The highest BCUT2D eigenvalue weighted by Crippen LogP contribution is 2.27. The molecule has 0 aromatic heterocycles. The van der Waals surface area contributed by atoms with Crippen molar-refractivity contribution >= 4 is 41.2 Å². The average molecular weight is 687 g/mol. The van der Waals surface area contributed by atoms with Crippen LogP contribution in [0, 0.1) is 5.92 Å². The average Bonchev–Trinajstić information content (AvgIpc) is 3.05. The van der Waals surface area contributed by atoms with Gasteiger partial charge in [0, 0.05) is 12.8 Å². The van der Waals surface area contributed by atoms with Crippen LogP contribution in [0.4, 0.5) is 0 Å². The molecule has 0 fully saturated rings. The number of hydrogen-bond acceptors (Lipinski definition) is 7. The lowest BCUT2D eigenvalue weighted by atomic mass is 9.94. The van der Waals surface area contributed by atoms with Crippen molar-refractivity contribution in [2.24, 2.45) is 5.92 Å². The summed E-state index contributed by atoms with van der Waals surface area (Å²) < 4.78 is 11.2. The highest BCUT2D eigenvalue weighted by molar-refractivity contribution is 8.18. The molecule has 0 saturated heterocycles. The molecule has 0 rings (SSSR count). The maximum atomic E-state index is 12.8. The Morgan fingerprint density at radius 2 is 0.848 bits per heavy atom. The smallest absolute Gasteiger partial charge is 0.329 e. The topological polar surface area (TPSA) is 69.7 Å². The third kappa shape index (κ3) is 29.4. The van der Waals surface area contributed by atoms with E-state index in [0.717, 1.165) is 88.6 Å². The molecule has 0 heterocycles. The van der Waals surface area contributed by atoms with Gasteiger partial charge >= 0.3 is 11.9 Å². The van der Waals surface area contributed by atoms with Crippen LogP contribution in [0.5, 0.6) is 0 Å². The molecule has 0 saturated carbocycles. The highest BCUT2D eigenvalue weighted by atomic mass is 32.2. The van der Waals surface area contributed by atoms with Gasteiger partial charge in [-0.15, -0.1) is 23.5 Å². The van der Waals surface area contributed by atoms with E-state index in [1.165, 1.54) is 77.0 Å². The summed E-state index contributed by atoms with van der Waals surface area (Å²) in [6.07, 6.45) is 27.7. The monoisotopic (exact) mass is 686 g/mol. The van der Waals surface area contributed by atoms with Crippen molar-refractivity contribution in [3.63, 3.8) is 0 Å². The van der Waals surface area contributed by atoms with E-state index < -0.39 is 0 Å². The van der Waals surface area contributed by atoms with E-state index in [0.29, 0.717) is 31.8 Å². The van der Waals surface area contributed by atoms with Gasteiger partial charge in [-0.05, 0) is 75.7 Å². The molecule has 0 aromatic carbocycles. The molecule has 1 atom stereocenters. The standard InChI is InChI=1S/C39H74O5S2/c1-5-9-13-15-16-20-28-35(27-19-14-10-6-2)37(41)43-31-23-17-21-29-36(40)30-22-18-24-32-44-38(42)39(45-33-25-11-7-3)46-34-26-12-8-4/h35,39H,5-34H2,1-4H3. The Balaban J connectivity index is 4.05. The quantitative estimate of drug-likeness (QED) is 0.0369. The second-order valence-electron chi connectivity index (χ2n) is 13.1. The molecule has 46 heavy (non-hydrogen) atoms. The first-order chi connectivity index (χ1) is 22.5. The van der Waals surface area contributed by atoms with Gasteiger partial charge in [-0.25, -0.2) is 4.79 Å². The van der Waals surface area contributed by atoms with Crippen LogP contribution in [0.2, 0.25) is 0 Å². The predicted molar refractivity (Wildman–Crippen MR) is 202 cm³/mol. The third-order valence-electron chi connectivity index (χ3n) is 8.56. The molecule has 0 aliphatic carbocycles. The lowest BCUT2D eigenvalue weighted by Gasteiger charge is -2.16. The van der Waals surface area contributed by atoms with Gasteiger partial charge in [-0.2, -0.15) is 0 Å². The SMILES string of the molecule is CCCCCCCCC(CCCCCC)C(=O)OCCCCCC(=O)CCCCCOC(=O)C(SCCCCC)SCCCCC. The first-order valence-electron chi connectivity index (χ1n) is 19.6. The molecule has 0 aliphatic rings. The summed E-state index contributed by atoms with van der Waals surface area (Å²) in [6, 6.07) is 0. The molecule has 7 heteroatoms. The molecule has 5 nitrogen and oxygen atoms in total. The van der Waals surface area contributed by atoms with Gasteiger partial charge in [-0.3, -0.25) is 9.59 Å². The number of unbranched alkanes of at least 4 members (excludes halogenated alkanes) is 16. The summed E-state index contributed by atoms with van der Waals surface area (Å²) in [5, 5.41) is 0. The molecule has 0 spiro atoms. The summed E-state index contributed by atoms with van der Waals surface area (Å²) in [7, 11) is 0. The number of ketones is 1. The number of carbonyl (C=O) groups excluding carboxylic acids is 3. The van der Waals surface area contributed by atoms with Crippen molar-refractivity contribution < 1.29 is 23.9 Å². The van der Waals surface area contributed by atoms with Crippen LogP contribution < -0.4 is 0 Å². The maximum Gasteiger partial charge on any atom is 0.329 e. The van der Waals surface area contributed by atoms with E-state index in [4.69, 9.17) is 9.47 Å². The molecular weight excluding hydrogens is 613 g/mol. The third-order valence-corrected chi connectivity index (χ3v) is 11.4. The zero-order valence-electron chi connectivity index (χ0n) is 30.7. The van der Waals surface area contributed by atoms with E-state index >= 15 is 0 Å². The van der Waals surface area contributed by atoms with Gasteiger partial charge in [0.15, 0.2) is 0 Å². The van der Waals surface area contributed by atoms with Gasteiger partial charge in [0.05, 0.1) is 19.1 Å². The number of Topliss-reactive ketones (excluding diaryl/α,β-unsaturated/α-hetero) is 1. The van der Waals surface area contributed by atoms with Gasteiger partial charge in [0.25, 0.3) is 0 Å². The van der Waals surface area contributed by atoms with E-state index in [1.54, 1.807) is 23.5 Å². The molecule has 0 radical (unpaired) electrons. The van der Waals surface area contributed by atoms with Crippen LogP contribution in [0.25, 0.3) is 0 Å². The van der Waals surface area contributed by atoms with Crippen LogP contribution in [0.15, 0.2) is 0 Å². The molecule has 0 aromatic rings. The van der Waals surface area contributed by atoms with Crippen molar-refractivity contribution in [1.82, 2.24) is 0 Å². The predicted octanol–water partition coefficient (Wildman–Crippen LogP) is 12.3. The first-order valence-corrected chi connectivity index (χ1v) is 21.7. The Morgan fingerprint density at radius 3 is 1.35 bits per heavy atom. The second kappa shape index (κ2) is 35.6. The van der Waals surface area contributed by atoms with E-state index in [9.17, 15) is 14.4 Å². The molecule has 272 valence electrons. The second-order valence-corrected chi connectivity index (χ2v) is 15.8. The van der Waals surface area contributed by atoms with E-state index in [2.05, 4.69) is 27.7 Å². The Bertz CT molecular complexity index is 690. The summed E-state index contributed by atoms with van der Waals surface area (Å²) in [5.41, 5.74) is 0. The number of rotatable bonds is 36. The zero-order chi connectivity index (χ0) is 33.9. The Labute approximate surface area is 294 Å². The van der Waals surface area contributed by atoms with E-state index in [-0.39, 0.29) is 22.4 Å². The van der Waals surface area contributed by atoms with Crippen molar-refractivity contribution in [3.05, 3.63) is 0 Å². The number of ether oxygens (including phenoxy) is 2. The van der Waals surface area contributed by atoms with Gasteiger partial charge in [0.1, 0.15) is 10.4 Å². The van der Waals surface area contributed by atoms with Gasteiger partial charge in [0.2, 0.25) is 0 Å². The van der Waals surface area contributed by atoms with Crippen LogP contribution in [0.3, 0.4) is 0 Å². The summed E-state index contributed by atoms with van der Waals surface area (Å²) in [5.74, 6) is 2.32. The maximum absolute atomic E-state index is 12.8. The van der Waals surface area contributed by atoms with Crippen molar-refractivity contribution in [2.45, 2.75) is 199 Å². The molecule has 0 N–H and O–H groups in total. The molecule has 0 aliphatic heterocycles. The fraction of sp³-hybridized carbons (Fsp3) is 0.923. The minimum absolute atomic E-state index is 0.00112. The van der Waals surface area contributed by atoms with Crippen LogP contribution >= 0.6 is 23.5 Å². The summed E-state index contributed by atoms with van der Waals surface area (Å²) in [4.78, 5) is 37.8. The number of thioether (sulfide) groups is 2. The normalized spacial score (nSPS) is 12.0.